The Morgan fingerprint density at radius 1 is 1.00 bits per heavy atom. The molecule has 0 saturated heterocycles. The van der Waals surface area contributed by atoms with Gasteiger partial charge in [0.25, 0.3) is 0 Å². The van der Waals surface area contributed by atoms with Crippen LogP contribution < -0.4 is 0 Å². The van der Waals surface area contributed by atoms with Crippen LogP contribution in [0.5, 0.6) is 0 Å². The van der Waals surface area contributed by atoms with Gasteiger partial charge in [-0.2, -0.15) is 5.10 Å². The second-order valence-electron chi connectivity index (χ2n) is 4.60. The molecule has 1 N–H and O–H groups in total. The smallest absolute Gasteiger partial charge is 0.123 e. The van der Waals surface area contributed by atoms with Crippen LogP contribution in [0.25, 0.3) is 22.4 Å². The Labute approximate surface area is 121 Å². The van der Waals surface area contributed by atoms with Crippen LogP contribution in [0.2, 0.25) is 0 Å². The van der Waals surface area contributed by atoms with Crippen molar-refractivity contribution in [1.29, 1.82) is 0 Å². The summed E-state index contributed by atoms with van der Waals surface area (Å²) >= 11 is 0. The minimum absolute atomic E-state index is 0.00260. The zero-order chi connectivity index (χ0) is 14.7. The van der Waals surface area contributed by atoms with Crippen molar-refractivity contribution >= 4 is 0 Å². The van der Waals surface area contributed by atoms with Crippen LogP contribution in [-0.4, -0.2) is 26.5 Å². The van der Waals surface area contributed by atoms with Gasteiger partial charge < -0.3 is 5.11 Å². The number of hydrogen-bond donors (Lipinski definition) is 1. The molecule has 3 aromatic rings. The van der Waals surface area contributed by atoms with E-state index in [9.17, 15) is 9.50 Å². The summed E-state index contributed by atoms with van der Waals surface area (Å²) in [7, 11) is 0. The van der Waals surface area contributed by atoms with Gasteiger partial charge in [-0.05, 0) is 29.8 Å². The average molecular weight is 283 g/mol. The molecule has 3 rings (SSSR count). The Hall–Kier alpha value is -2.53. The molecule has 0 saturated carbocycles. The molecule has 0 spiro atoms. The average Bonchev–Trinajstić information content (AvgIpc) is 2.93. The molecule has 0 radical (unpaired) electrons. The highest BCUT2D eigenvalue weighted by Crippen LogP contribution is 2.31. The molecule has 1 aromatic carbocycles. The van der Waals surface area contributed by atoms with Gasteiger partial charge in [0.05, 0.1) is 25.0 Å². The van der Waals surface area contributed by atoms with Crippen LogP contribution in [0.3, 0.4) is 0 Å². The van der Waals surface area contributed by atoms with Gasteiger partial charge in [0.1, 0.15) is 5.82 Å². The second-order valence-corrected chi connectivity index (χ2v) is 4.60. The first-order valence-electron chi connectivity index (χ1n) is 6.62. The fourth-order valence-electron chi connectivity index (χ4n) is 2.30. The van der Waals surface area contributed by atoms with Crippen molar-refractivity contribution in [3.05, 3.63) is 60.8 Å². The lowest BCUT2D eigenvalue weighted by atomic mass is 10.0. The Bertz CT molecular complexity index is 723. The van der Waals surface area contributed by atoms with Gasteiger partial charge in [-0.3, -0.25) is 9.67 Å². The first kappa shape index (κ1) is 13.5. The molecule has 2 aromatic heterocycles. The number of aromatic nitrogens is 3. The molecule has 0 unspecified atom stereocenters. The molecular weight excluding hydrogens is 269 g/mol. The largest absolute Gasteiger partial charge is 0.394 e. The summed E-state index contributed by atoms with van der Waals surface area (Å²) in [5.74, 6) is -0.271. The first-order chi connectivity index (χ1) is 10.3. The molecule has 0 aliphatic rings. The molecule has 0 fully saturated rings. The van der Waals surface area contributed by atoms with E-state index in [0.717, 1.165) is 22.4 Å². The predicted molar refractivity (Wildman–Crippen MR) is 77.9 cm³/mol. The van der Waals surface area contributed by atoms with Crippen molar-refractivity contribution in [2.75, 3.05) is 6.61 Å². The van der Waals surface area contributed by atoms with Gasteiger partial charge >= 0.3 is 0 Å². The molecule has 0 bridgehead atoms. The van der Waals surface area contributed by atoms with Gasteiger partial charge in [-0.15, -0.1) is 0 Å². The van der Waals surface area contributed by atoms with Crippen molar-refractivity contribution in [2.24, 2.45) is 0 Å². The summed E-state index contributed by atoms with van der Waals surface area (Å²) in [5.41, 5.74) is 3.62. The zero-order valence-electron chi connectivity index (χ0n) is 11.3. The van der Waals surface area contributed by atoms with E-state index >= 15 is 0 Å². The molecule has 2 heterocycles. The van der Waals surface area contributed by atoms with Crippen LogP contribution in [0.4, 0.5) is 4.39 Å². The summed E-state index contributed by atoms with van der Waals surface area (Å²) in [6, 6.07) is 10.1. The van der Waals surface area contributed by atoms with Crippen LogP contribution >= 0.6 is 0 Å². The van der Waals surface area contributed by atoms with Crippen molar-refractivity contribution in [2.45, 2.75) is 6.54 Å². The highest BCUT2D eigenvalue weighted by Gasteiger charge is 2.14. The third kappa shape index (κ3) is 2.68. The van der Waals surface area contributed by atoms with Crippen molar-refractivity contribution in [1.82, 2.24) is 14.8 Å². The van der Waals surface area contributed by atoms with E-state index in [1.165, 1.54) is 12.1 Å². The Morgan fingerprint density at radius 3 is 2.38 bits per heavy atom. The molecule has 0 atom stereocenters. The van der Waals surface area contributed by atoms with Gasteiger partial charge in [0, 0.05) is 23.5 Å². The normalized spacial score (nSPS) is 10.8. The summed E-state index contributed by atoms with van der Waals surface area (Å²) in [5, 5.41) is 13.5. The maximum absolute atomic E-state index is 13.1. The molecular formula is C16H14FN3O. The number of aliphatic hydroxyl groups is 1. The number of benzene rings is 1. The van der Waals surface area contributed by atoms with E-state index in [4.69, 9.17) is 0 Å². The lowest BCUT2D eigenvalue weighted by Crippen LogP contribution is -2.05. The molecule has 4 nitrogen and oxygen atoms in total. The minimum atomic E-state index is -0.271. The third-order valence-corrected chi connectivity index (χ3v) is 3.26. The Morgan fingerprint density at radius 2 is 1.71 bits per heavy atom. The SMILES string of the molecule is OCCn1ncc(-c2ccc(F)cc2)c1-c1ccncc1. The van der Waals surface area contributed by atoms with Crippen LogP contribution in [0, 0.1) is 5.82 Å². The number of pyridine rings is 1. The van der Waals surface area contributed by atoms with Crippen LogP contribution in [0.1, 0.15) is 0 Å². The second kappa shape index (κ2) is 5.85. The fraction of sp³-hybridized carbons (Fsp3) is 0.125. The molecule has 0 aliphatic carbocycles. The van der Waals surface area contributed by atoms with Gasteiger partial charge in [0.15, 0.2) is 0 Å². The Balaban J connectivity index is 2.15. The maximum Gasteiger partial charge on any atom is 0.123 e. The van der Waals surface area contributed by atoms with Crippen molar-refractivity contribution in [3.63, 3.8) is 0 Å². The molecule has 21 heavy (non-hydrogen) atoms. The van der Waals surface area contributed by atoms with Crippen LogP contribution in [-0.2, 0) is 6.54 Å². The highest BCUT2D eigenvalue weighted by molar-refractivity contribution is 5.80. The van der Waals surface area contributed by atoms with E-state index in [0.29, 0.717) is 6.54 Å². The summed E-state index contributed by atoms with van der Waals surface area (Å²) < 4.78 is 14.8. The molecule has 0 aliphatic heterocycles. The number of aliphatic hydroxyl groups excluding tert-OH is 1. The molecule has 106 valence electrons. The number of nitrogens with zero attached hydrogens (tertiary/aromatic N) is 3. The zero-order valence-corrected chi connectivity index (χ0v) is 11.3. The topological polar surface area (TPSA) is 50.9 Å². The lowest BCUT2D eigenvalue weighted by molar-refractivity contribution is 0.270. The number of halogens is 1. The lowest BCUT2D eigenvalue weighted by Gasteiger charge is -2.09. The Kier molecular flexibility index (Phi) is 3.75. The molecule has 0 amide bonds. The van der Waals surface area contributed by atoms with E-state index in [1.807, 2.05) is 12.1 Å². The van der Waals surface area contributed by atoms with Gasteiger partial charge in [-0.25, -0.2) is 4.39 Å². The number of rotatable bonds is 4. The van der Waals surface area contributed by atoms with E-state index in [1.54, 1.807) is 35.4 Å². The van der Waals surface area contributed by atoms with E-state index in [-0.39, 0.29) is 12.4 Å². The fourth-order valence-corrected chi connectivity index (χ4v) is 2.30. The van der Waals surface area contributed by atoms with Gasteiger partial charge in [-0.1, -0.05) is 12.1 Å². The van der Waals surface area contributed by atoms with E-state index in [2.05, 4.69) is 10.1 Å². The predicted octanol–water partition coefficient (Wildman–Crippen LogP) is 2.74. The minimum Gasteiger partial charge on any atom is -0.394 e. The van der Waals surface area contributed by atoms with Crippen molar-refractivity contribution < 1.29 is 9.50 Å². The monoisotopic (exact) mass is 283 g/mol. The third-order valence-electron chi connectivity index (χ3n) is 3.26. The molecule has 5 heteroatoms. The van der Waals surface area contributed by atoms with Crippen LogP contribution in [0.15, 0.2) is 55.0 Å². The number of hydrogen-bond acceptors (Lipinski definition) is 3. The quantitative estimate of drug-likeness (QED) is 0.801. The highest BCUT2D eigenvalue weighted by atomic mass is 19.1. The van der Waals surface area contributed by atoms with Gasteiger partial charge in [0.2, 0.25) is 0 Å². The standard InChI is InChI=1S/C16H14FN3O/c17-14-3-1-12(2-4-14)15-11-19-20(9-10-21)16(15)13-5-7-18-8-6-13/h1-8,11,21H,9-10H2. The van der Waals surface area contributed by atoms with Crippen molar-refractivity contribution in [3.8, 4) is 22.4 Å². The maximum atomic E-state index is 13.1. The first-order valence-corrected chi connectivity index (χ1v) is 6.62. The summed E-state index contributed by atoms with van der Waals surface area (Å²) in [6.45, 7) is 0.404. The summed E-state index contributed by atoms with van der Waals surface area (Å²) in [6.07, 6.45) is 5.15. The summed E-state index contributed by atoms with van der Waals surface area (Å²) in [4.78, 5) is 4.02. The van der Waals surface area contributed by atoms with E-state index < -0.39 is 0 Å².